The number of benzene rings is 1. The lowest BCUT2D eigenvalue weighted by Gasteiger charge is -2.13. The Hall–Kier alpha value is -1.43. The third-order valence-electron chi connectivity index (χ3n) is 2.40. The molecule has 0 aliphatic carbocycles. The first kappa shape index (κ1) is 12.6. The first-order valence-electron chi connectivity index (χ1n) is 4.91. The van der Waals surface area contributed by atoms with Gasteiger partial charge in [-0.05, 0) is 11.1 Å². The highest BCUT2D eigenvalue weighted by Gasteiger charge is 2.18. The van der Waals surface area contributed by atoms with Gasteiger partial charge in [-0.25, -0.2) is 0 Å². The van der Waals surface area contributed by atoms with Gasteiger partial charge in [0.1, 0.15) is 6.10 Å². The summed E-state index contributed by atoms with van der Waals surface area (Å²) in [6, 6.07) is 6.45. The molecule has 2 atom stereocenters. The van der Waals surface area contributed by atoms with Crippen LogP contribution in [0.4, 0.5) is 0 Å². The molecule has 0 saturated carbocycles. The van der Waals surface area contributed by atoms with Crippen LogP contribution in [0.3, 0.4) is 0 Å². The van der Waals surface area contributed by atoms with Crippen LogP contribution in [0.25, 0.3) is 0 Å². The minimum absolute atomic E-state index is 0.00595. The molecule has 0 heterocycles. The molecule has 0 bridgehead atoms. The van der Waals surface area contributed by atoms with E-state index in [0.29, 0.717) is 11.1 Å². The number of carbonyl (C=O) groups is 1. The maximum absolute atomic E-state index is 10.9. The van der Waals surface area contributed by atoms with Gasteiger partial charge in [0.2, 0.25) is 0 Å². The molecule has 0 aromatic heterocycles. The van der Waals surface area contributed by atoms with Crippen LogP contribution in [0.15, 0.2) is 24.3 Å². The highest BCUT2D eigenvalue weighted by atomic mass is 16.4. The lowest BCUT2D eigenvalue weighted by atomic mass is 9.96. The van der Waals surface area contributed by atoms with Gasteiger partial charge in [0.05, 0.1) is 12.5 Å². The van der Waals surface area contributed by atoms with E-state index in [1.165, 1.54) is 0 Å². The number of carboxylic acids is 1. The highest BCUT2D eigenvalue weighted by molar-refractivity contribution is 5.76. The summed E-state index contributed by atoms with van der Waals surface area (Å²) in [5.41, 5.74) is 6.39. The van der Waals surface area contributed by atoms with Crippen molar-refractivity contribution in [1.29, 1.82) is 0 Å². The Kier molecular flexibility index (Phi) is 4.42. The van der Waals surface area contributed by atoms with Crippen LogP contribution in [0, 0.1) is 0 Å². The molecule has 0 amide bonds. The molecule has 1 aromatic rings. The van der Waals surface area contributed by atoms with Gasteiger partial charge in [-0.3, -0.25) is 4.79 Å². The van der Waals surface area contributed by atoms with Crippen molar-refractivity contribution < 1.29 is 20.1 Å². The second-order valence-electron chi connectivity index (χ2n) is 3.50. The van der Waals surface area contributed by atoms with Gasteiger partial charge in [0, 0.05) is 6.54 Å². The van der Waals surface area contributed by atoms with Gasteiger partial charge in [-0.1, -0.05) is 24.3 Å². The summed E-state index contributed by atoms with van der Waals surface area (Å²) < 4.78 is 0. The third-order valence-corrected chi connectivity index (χ3v) is 2.40. The Morgan fingerprint density at radius 3 is 2.50 bits per heavy atom. The Bertz CT molecular complexity index is 367. The summed E-state index contributed by atoms with van der Waals surface area (Å²) in [6.07, 6.45) is -0.993. The van der Waals surface area contributed by atoms with Gasteiger partial charge in [0.25, 0.3) is 0 Å². The standard InChI is InChI=1S/C11H15NO4/c12-5-9(11(15)16)7-2-1-3-8(4-7)10(14)6-13/h1-4,9-10,13-14H,5-6,12H2,(H,15,16). The molecular weight excluding hydrogens is 210 g/mol. The van der Waals surface area contributed by atoms with Gasteiger partial charge in [-0.2, -0.15) is 0 Å². The maximum atomic E-state index is 10.9. The minimum Gasteiger partial charge on any atom is -0.481 e. The molecule has 0 aliphatic rings. The Morgan fingerprint density at radius 2 is 2.00 bits per heavy atom. The van der Waals surface area contributed by atoms with E-state index >= 15 is 0 Å². The number of carboxylic acid groups (broad SMARTS) is 1. The highest BCUT2D eigenvalue weighted by Crippen LogP contribution is 2.20. The molecule has 16 heavy (non-hydrogen) atoms. The summed E-state index contributed by atoms with van der Waals surface area (Å²) in [5.74, 6) is -1.79. The molecule has 2 unspecified atom stereocenters. The SMILES string of the molecule is NCC(C(=O)O)c1cccc(C(O)CO)c1. The fourth-order valence-electron chi connectivity index (χ4n) is 1.47. The van der Waals surface area contributed by atoms with Crippen LogP contribution in [0.2, 0.25) is 0 Å². The predicted octanol–water partition coefficient (Wildman–Crippen LogP) is -0.161. The van der Waals surface area contributed by atoms with E-state index in [1.54, 1.807) is 24.3 Å². The average molecular weight is 225 g/mol. The van der Waals surface area contributed by atoms with Gasteiger partial charge >= 0.3 is 5.97 Å². The van der Waals surface area contributed by atoms with Gasteiger partial charge in [-0.15, -0.1) is 0 Å². The topological polar surface area (TPSA) is 104 Å². The fourth-order valence-corrected chi connectivity index (χ4v) is 1.47. The monoisotopic (exact) mass is 225 g/mol. The van der Waals surface area contributed by atoms with Crippen LogP contribution in [-0.2, 0) is 4.79 Å². The lowest BCUT2D eigenvalue weighted by molar-refractivity contribution is -0.138. The minimum atomic E-state index is -1.00. The quantitative estimate of drug-likeness (QED) is 0.557. The molecule has 88 valence electrons. The number of aliphatic hydroxyl groups is 2. The van der Waals surface area contributed by atoms with Gasteiger partial charge < -0.3 is 21.1 Å². The summed E-state index contributed by atoms with van der Waals surface area (Å²) in [5, 5.41) is 27.1. The number of nitrogens with two attached hydrogens (primary N) is 1. The van der Waals surface area contributed by atoms with Crippen LogP contribution in [0.1, 0.15) is 23.1 Å². The normalized spacial score (nSPS) is 14.4. The van der Waals surface area contributed by atoms with Crippen molar-refractivity contribution in [3.63, 3.8) is 0 Å². The Morgan fingerprint density at radius 1 is 1.38 bits per heavy atom. The number of rotatable bonds is 5. The first-order valence-corrected chi connectivity index (χ1v) is 4.91. The van der Waals surface area contributed by atoms with Crippen molar-refractivity contribution in [3.8, 4) is 0 Å². The molecule has 0 radical (unpaired) electrons. The fraction of sp³-hybridized carbons (Fsp3) is 0.364. The summed E-state index contributed by atoms with van der Waals surface area (Å²) in [4.78, 5) is 10.9. The first-order chi connectivity index (χ1) is 7.60. The molecule has 1 aromatic carbocycles. The molecule has 0 saturated heterocycles. The second kappa shape index (κ2) is 5.60. The Labute approximate surface area is 93.1 Å². The lowest BCUT2D eigenvalue weighted by Crippen LogP contribution is -2.21. The zero-order valence-corrected chi connectivity index (χ0v) is 8.71. The van der Waals surface area contributed by atoms with Crippen LogP contribution in [0.5, 0.6) is 0 Å². The predicted molar refractivity (Wildman–Crippen MR) is 57.9 cm³/mol. The number of hydrogen-bond donors (Lipinski definition) is 4. The van der Waals surface area contributed by atoms with Crippen LogP contribution < -0.4 is 5.73 Å². The van der Waals surface area contributed by atoms with Crippen LogP contribution >= 0.6 is 0 Å². The number of aliphatic carboxylic acids is 1. The Balaban J connectivity index is 3.01. The molecule has 0 spiro atoms. The van der Waals surface area contributed by atoms with Crippen molar-refractivity contribution in [2.24, 2.45) is 5.73 Å². The molecule has 5 heteroatoms. The van der Waals surface area contributed by atoms with Crippen molar-refractivity contribution in [2.45, 2.75) is 12.0 Å². The molecule has 1 rings (SSSR count). The van der Waals surface area contributed by atoms with E-state index in [-0.39, 0.29) is 6.54 Å². The maximum Gasteiger partial charge on any atom is 0.312 e. The third kappa shape index (κ3) is 2.79. The van der Waals surface area contributed by atoms with Gasteiger partial charge in [0.15, 0.2) is 0 Å². The van der Waals surface area contributed by atoms with Crippen molar-refractivity contribution in [1.82, 2.24) is 0 Å². The van der Waals surface area contributed by atoms with E-state index in [4.69, 9.17) is 15.9 Å². The average Bonchev–Trinajstić information content (AvgIpc) is 2.29. The largest absolute Gasteiger partial charge is 0.481 e. The molecule has 5 N–H and O–H groups in total. The molecule has 0 aliphatic heterocycles. The summed E-state index contributed by atoms with van der Waals surface area (Å²) in [7, 11) is 0. The smallest absolute Gasteiger partial charge is 0.312 e. The summed E-state index contributed by atoms with van der Waals surface area (Å²) >= 11 is 0. The van der Waals surface area contributed by atoms with Crippen molar-refractivity contribution in [2.75, 3.05) is 13.2 Å². The van der Waals surface area contributed by atoms with Crippen LogP contribution in [-0.4, -0.2) is 34.4 Å². The van der Waals surface area contributed by atoms with Crippen molar-refractivity contribution >= 4 is 5.97 Å². The molecule has 0 fully saturated rings. The summed E-state index contributed by atoms with van der Waals surface area (Å²) in [6.45, 7) is -0.405. The van der Waals surface area contributed by atoms with E-state index in [2.05, 4.69) is 0 Å². The number of hydrogen-bond acceptors (Lipinski definition) is 4. The molecule has 5 nitrogen and oxygen atoms in total. The van der Waals surface area contributed by atoms with Crippen molar-refractivity contribution in [3.05, 3.63) is 35.4 Å². The van der Waals surface area contributed by atoms with E-state index in [0.717, 1.165) is 0 Å². The molecular formula is C11H15NO4. The zero-order valence-electron chi connectivity index (χ0n) is 8.71. The van der Waals surface area contributed by atoms with E-state index < -0.39 is 24.6 Å². The van der Waals surface area contributed by atoms with E-state index in [9.17, 15) is 9.90 Å². The zero-order chi connectivity index (χ0) is 12.1. The number of aliphatic hydroxyl groups excluding tert-OH is 2. The van der Waals surface area contributed by atoms with E-state index in [1.807, 2.05) is 0 Å². The second-order valence-corrected chi connectivity index (χ2v) is 3.50.